The molecule has 0 radical (unpaired) electrons. The second kappa shape index (κ2) is 2.73. The Bertz CT molecular complexity index is 412. The van der Waals surface area contributed by atoms with Crippen molar-refractivity contribution in [3.8, 4) is 0 Å². The van der Waals surface area contributed by atoms with Crippen molar-refractivity contribution in [3.05, 3.63) is 21.3 Å². The van der Waals surface area contributed by atoms with Crippen LogP contribution in [0.15, 0.2) is 12.1 Å². The van der Waals surface area contributed by atoms with Crippen LogP contribution in [0.1, 0.15) is 9.67 Å². The Hall–Kier alpha value is -0.580. The van der Waals surface area contributed by atoms with E-state index in [4.69, 9.17) is 16.7 Å². The largest absolute Gasteiger partial charge is 0.477 e. The second-order valence-electron chi connectivity index (χ2n) is 2.21. The highest BCUT2D eigenvalue weighted by atomic mass is 35.5. The summed E-state index contributed by atoms with van der Waals surface area (Å²) in [5.41, 5.74) is 0. The first kappa shape index (κ1) is 8.04. The van der Waals surface area contributed by atoms with Crippen molar-refractivity contribution in [2.24, 2.45) is 0 Å². The Morgan fingerprint density at radius 2 is 2.17 bits per heavy atom. The first-order valence-corrected chi connectivity index (χ1v) is 5.10. The van der Waals surface area contributed by atoms with Gasteiger partial charge in [0.1, 0.15) is 4.88 Å². The van der Waals surface area contributed by atoms with E-state index in [9.17, 15) is 4.79 Å². The molecular weight excluding hydrogens is 216 g/mol. The summed E-state index contributed by atoms with van der Waals surface area (Å²) < 4.78 is 1.67. The third-order valence-corrected chi connectivity index (χ3v) is 3.90. The number of carbonyl (C=O) groups is 1. The molecule has 5 heteroatoms. The predicted octanol–water partition coefficient (Wildman–Crippen LogP) is 3.31. The van der Waals surface area contributed by atoms with Gasteiger partial charge in [-0.3, -0.25) is 0 Å². The van der Waals surface area contributed by atoms with Crippen molar-refractivity contribution in [1.82, 2.24) is 0 Å². The lowest BCUT2D eigenvalue weighted by Crippen LogP contribution is -1.89. The minimum atomic E-state index is -0.875. The summed E-state index contributed by atoms with van der Waals surface area (Å²) in [6.45, 7) is 0. The number of fused-ring (bicyclic) bond motifs is 1. The Morgan fingerprint density at radius 3 is 2.75 bits per heavy atom. The predicted molar refractivity (Wildman–Crippen MR) is 51.7 cm³/mol. The van der Waals surface area contributed by atoms with E-state index in [1.807, 2.05) is 0 Å². The van der Waals surface area contributed by atoms with Crippen molar-refractivity contribution < 1.29 is 9.90 Å². The molecule has 0 spiro atoms. The molecule has 0 fully saturated rings. The van der Waals surface area contributed by atoms with Crippen LogP contribution in [-0.4, -0.2) is 11.1 Å². The Labute approximate surface area is 81.0 Å². The highest BCUT2D eigenvalue weighted by Crippen LogP contribution is 2.35. The van der Waals surface area contributed by atoms with Crippen LogP contribution in [0, 0.1) is 0 Å². The summed E-state index contributed by atoms with van der Waals surface area (Å²) in [7, 11) is 0. The van der Waals surface area contributed by atoms with Gasteiger partial charge >= 0.3 is 5.97 Å². The third-order valence-electron chi connectivity index (χ3n) is 1.39. The van der Waals surface area contributed by atoms with Crippen LogP contribution >= 0.6 is 34.3 Å². The third kappa shape index (κ3) is 1.22. The number of carboxylic acids is 1. The molecule has 0 aliphatic heterocycles. The summed E-state index contributed by atoms with van der Waals surface area (Å²) in [4.78, 5) is 10.9. The zero-order chi connectivity index (χ0) is 8.72. The lowest BCUT2D eigenvalue weighted by atomic mass is 10.4. The van der Waals surface area contributed by atoms with Crippen LogP contribution in [0.5, 0.6) is 0 Å². The van der Waals surface area contributed by atoms with Crippen molar-refractivity contribution in [2.45, 2.75) is 0 Å². The molecule has 0 aliphatic rings. The molecule has 12 heavy (non-hydrogen) atoms. The van der Waals surface area contributed by atoms with E-state index in [0.29, 0.717) is 9.21 Å². The molecule has 0 bridgehead atoms. The van der Waals surface area contributed by atoms with Gasteiger partial charge in [0.25, 0.3) is 0 Å². The van der Waals surface area contributed by atoms with Crippen molar-refractivity contribution in [2.75, 3.05) is 0 Å². The highest BCUT2D eigenvalue weighted by Gasteiger charge is 2.10. The molecule has 0 saturated heterocycles. The fourth-order valence-corrected chi connectivity index (χ4v) is 3.41. The Balaban J connectivity index is 2.64. The summed E-state index contributed by atoms with van der Waals surface area (Å²) in [5.74, 6) is -0.875. The van der Waals surface area contributed by atoms with Gasteiger partial charge in [0.15, 0.2) is 0 Å². The molecular formula is C7H3ClO2S2. The number of carboxylic acid groups (broad SMARTS) is 1. The van der Waals surface area contributed by atoms with Crippen LogP contribution < -0.4 is 0 Å². The molecule has 0 aromatic carbocycles. The Morgan fingerprint density at radius 1 is 1.42 bits per heavy atom. The smallest absolute Gasteiger partial charge is 0.345 e. The van der Waals surface area contributed by atoms with Gasteiger partial charge in [-0.05, 0) is 12.1 Å². The van der Waals surface area contributed by atoms with Crippen molar-refractivity contribution in [3.63, 3.8) is 0 Å². The molecule has 0 atom stereocenters. The number of hydrogen-bond acceptors (Lipinski definition) is 3. The molecule has 2 nitrogen and oxygen atoms in total. The quantitative estimate of drug-likeness (QED) is 0.798. The molecule has 0 amide bonds. The van der Waals surface area contributed by atoms with E-state index < -0.39 is 5.97 Å². The number of halogens is 1. The summed E-state index contributed by atoms with van der Waals surface area (Å²) >= 11 is 8.41. The van der Waals surface area contributed by atoms with Gasteiger partial charge < -0.3 is 5.11 Å². The normalized spacial score (nSPS) is 10.8. The fraction of sp³-hybridized carbons (Fsp3) is 0. The number of rotatable bonds is 1. The van der Waals surface area contributed by atoms with E-state index in [1.54, 1.807) is 12.1 Å². The molecule has 0 aliphatic carbocycles. The van der Waals surface area contributed by atoms with E-state index in [-0.39, 0.29) is 0 Å². The average molecular weight is 219 g/mol. The fourth-order valence-electron chi connectivity index (χ4n) is 0.914. The van der Waals surface area contributed by atoms with Gasteiger partial charge in [-0.15, -0.1) is 22.7 Å². The topological polar surface area (TPSA) is 37.3 Å². The number of thiophene rings is 2. The lowest BCUT2D eigenvalue weighted by molar-refractivity contribution is 0.0702. The highest BCUT2D eigenvalue weighted by molar-refractivity contribution is 7.40. The summed E-state index contributed by atoms with van der Waals surface area (Å²) in [6, 6.07) is 3.43. The van der Waals surface area contributed by atoms with Gasteiger partial charge in [-0.1, -0.05) is 11.6 Å². The average Bonchev–Trinajstić information content (AvgIpc) is 2.42. The van der Waals surface area contributed by atoms with Crippen molar-refractivity contribution in [1.29, 1.82) is 0 Å². The van der Waals surface area contributed by atoms with Gasteiger partial charge in [0.05, 0.1) is 8.35 Å². The minimum Gasteiger partial charge on any atom is -0.477 e. The van der Waals surface area contributed by atoms with Crippen LogP contribution in [-0.2, 0) is 0 Å². The maximum atomic E-state index is 10.5. The van der Waals surface area contributed by atoms with Gasteiger partial charge in [0, 0.05) is 5.39 Å². The SMILES string of the molecule is O=C(O)c1cc2cc(Cl)sc2s1. The molecule has 1 N–H and O–H groups in total. The summed E-state index contributed by atoms with van der Waals surface area (Å²) in [5, 5.41) is 9.58. The molecule has 2 aromatic heterocycles. The standard InChI is InChI=1S/C7H3ClO2S2/c8-5-2-3-1-4(6(9)10)11-7(3)12-5/h1-2H,(H,9,10). The van der Waals surface area contributed by atoms with E-state index in [2.05, 4.69) is 0 Å². The summed E-state index contributed by atoms with van der Waals surface area (Å²) in [6.07, 6.45) is 0. The molecule has 62 valence electrons. The Kier molecular flexibility index (Phi) is 1.83. The first-order valence-electron chi connectivity index (χ1n) is 3.09. The van der Waals surface area contributed by atoms with Crippen LogP contribution in [0.2, 0.25) is 4.34 Å². The van der Waals surface area contributed by atoms with Gasteiger partial charge in [0.2, 0.25) is 0 Å². The molecule has 2 aromatic rings. The zero-order valence-corrected chi connectivity index (χ0v) is 8.09. The zero-order valence-electron chi connectivity index (χ0n) is 5.70. The van der Waals surface area contributed by atoms with Gasteiger partial charge in [-0.2, -0.15) is 0 Å². The maximum Gasteiger partial charge on any atom is 0.345 e. The van der Waals surface area contributed by atoms with E-state index in [0.717, 1.165) is 9.40 Å². The number of aromatic carboxylic acids is 1. The van der Waals surface area contributed by atoms with Crippen LogP contribution in [0.25, 0.3) is 9.40 Å². The van der Waals surface area contributed by atoms with Crippen LogP contribution in [0.3, 0.4) is 0 Å². The first-order chi connectivity index (χ1) is 5.66. The number of hydrogen-bond donors (Lipinski definition) is 1. The van der Waals surface area contributed by atoms with Gasteiger partial charge in [-0.25, -0.2) is 4.79 Å². The van der Waals surface area contributed by atoms with E-state index >= 15 is 0 Å². The van der Waals surface area contributed by atoms with Crippen LogP contribution in [0.4, 0.5) is 0 Å². The minimum absolute atomic E-state index is 0.368. The molecule has 0 unspecified atom stereocenters. The molecule has 2 heterocycles. The maximum absolute atomic E-state index is 10.5. The molecule has 2 rings (SSSR count). The molecule has 0 saturated carbocycles. The van der Waals surface area contributed by atoms with Crippen molar-refractivity contribution >= 4 is 49.6 Å². The second-order valence-corrected chi connectivity index (χ2v) is 5.20. The monoisotopic (exact) mass is 218 g/mol. The van der Waals surface area contributed by atoms with E-state index in [1.165, 1.54) is 22.7 Å². The lowest BCUT2D eigenvalue weighted by Gasteiger charge is -1.80.